The maximum atomic E-state index is 13.3. The van der Waals surface area contributed by atoms with Gasteiger partial charge in [-0.3, -0.25) is 14.2 Å². The highest BCUT2D eigenvalue weighted by Crippen LogP contribution is 2.29. The van der Waals surface area contributed by atoms with Crippen LogP contribution in [0, 0.1) is 0 Å². The average molecular weight is 519 g/mol. The van der Waals surface area contributed by atoms with E-state index < -0.39 is 5.90 Å². The van der Waals surface area contributed by atoms with Gasteiger partial charge in [-0.05, 0) is 61.1 Å². The van der Waals surface area contributed by atoms with Crippen molar-refractivity contribution in [2.45, 2.75) is 19.3 Å². The Morgan fingerprint density at radius 1 is 1.19 bits per heavy atom. The predicted molar refractivity (Wildman–Crippen MR) is 140 cm³/mol. The van der Waals surface area contributed by atoms with E-state index in [0.29, 0.717) is 16.6 Å². The molecule has 0 radical (unpaired) electrons. The third-order valence-electron chi connectivity index (χ3n) is 5.87. The molecule has 2 aliphatic heterocycles. The summed E-state index contributed by atoms with van der Waals surface area (Å²) in [5.74, 6) is 0.101. The molecule has 0 spiro atoms. The summed E-state index contributed by atoms with van der Waals surface area (Å²) >= 11 is 1.14. The predicted octanol–water partition coefficient (Wildman–Crippen LogP) is 2.66. The smallest absolute Gasteiger partial charge is 0.324 e. The molecule has 0 bridgehead atoms. The van der Waals surface area contributed by atoms with Crippen LogP contribution in [0.4, 0.5) is 11.6 Å². The Morgan fingerprint density at radius 3 is 2.78 bits per heavy atom. The molecule has 3 heterocycles. The number of hydrogen-bond donors (Lipinski definition) is 0. The van der Waals surface area contributed by atoms with Gasteiger partial charge in [0.25, 0.3) is 12.1 Å². The van der Waals surface area contributed by atoms with E-state index in [1.165, 1.54) is 11.3 Å². The van der Waals surface area contributed by atoms with Crippen LogP contribution in [0.3, 0.4) is 0 Å². The monoisotopic (exact) mass is 518 g/mol. The summed E-state index contributed by atoms with van der Waals surface area (Å²) in [6.45, 7) is 1.77. The van der Waals surface area contributed by atoms with Crippen LogP contribution in [0.5, 0.6) is 5.75 Å². The number of para-hydroxylation sites is 1. The van der Waals surface area contributed by atoms with Crippen LogP contribution < -0.4 is 24.5 Å². The van der Waals surface area contributed by atoms with Gasteiger partial charge in [-0.25, -0.2) is 9.98 Å². The number of ether oxygens (including phenoxy) is 1. The van der Waals surface area contributed by atoms with Crippen LogP contribution in [-0.2, 0) is 4.79 Å². The first-order chi connectivity index (χ1) is 18.1. The highest BCUT2D eigenvalue weighted by molar-refractivity contribution is 8.14. The molecule has 1 amide bonds. The zero-order valence-electron chi connectivity index (χ0n) is 20.3. The topological polar surface area (TPSA) is 110 Å². The molecule has 0 N–H and O–H groups in total. The van der Waals surface area contributed by atoms with Gasteiger partial charge in [-0.2, -0.15) is 5.01 Å². The molecule has 11 heteroatoms. The molecule has 0 aliphatic carbocycles. The molecule has 10 nitrogen and oxygen atoms in total. The van der Waals surface area contributed by atoms with Crippen LogP contribution in [-0.4, -0.2) is 48.2 Å². The minimum atomic E-state index is -0.416. The number of benzene rings is 2. The van der Waals surface area contributed by atoms with Gasteiger partial charge in [0, 0.05) is 5.75 Å². The Hall–Kier alpha value is -4.12. The van der Waals surface area contributed by atoms with E-state index in [-0.39, 0.29) is 23.2 Å². The maximum Gasteiger partial charge on any atom is 0.324 e. The summed E-state index contributed by atoms with van der Waals surface area (Å²) in [6.07, 6.45) is 6.69. The lowest BCUT2D eigenvalue weighted by Gasteiger charge is -2.18. The van der Waals surface area contributed by atoms with Gasteiger partial charge in [0.2, 0.25) is 5.27 Å². The summed E-state index contributed by atoms with van der Waals surface area (Å²) in [7, 11) is 1.59. The van der Waals surface area contributed by atoms with Gasteiger partial charge in [-0.1, -0.05) is 42.1 Å². The number of anilines is 1. The lowest BCUT2D eigenvalue weighted by Crippen LogP contribution is -2.60. The van der Waals surface area contributed by atoms with Gasteiger partial charge >= 0.3 is 5.88 Å². The first-order valence-corrected chi connectivity index (χ1v) is 12.9. The number of carbonyl (C=O) groups excluding carboxylic acids is 1. The van der Waals surface area contributed by atoms with Crippen molar-refractivity contribution in [1.82, 2.24) is 5.27 Å². The lowest BCUT2D eigenvalue weighted by atomic mass is 10.2. The summed E-state index contributed by atoms with van der Waals surface area (Å²) in [6, 6.07) is 16.6. The molecule has 0 atom stereocenters. The van der Waals surface area contributed by atoms with Gasteiger partial charge in [0.05, 0.1) is 30.7 Å². The molecule has 3 aromatic rings. The van der Waals surface area contributed by atoms with Crippen molar-refractivity contribution in [2.75, 3.05) is 35.9 Å². The quantitative estimate of drug-likeness (QED) is 0.205. The number of aliphatic imine (C=N–C) groups is 2. The Bertz CT molecular complexity index is 1350. The molecule has 5 rings (SSSR count). The fourth-order valence-electron chi connectivity index (χ4n) is 4.06. The largest absolute Gasteiger partial charge is 0.861 e. The van der Waals surface area contributed by atoms with Crippen molar-refractivity contribution >= 4 is 46.4 Å². The standard InChI is InChI=1S/C26H26N6O4S/c1-35-21-12-8-9-19(15-21)16-22-25(34)32(20-10-4-2-5-11-20)26(27-22)37-18-23(33)28-24-17-31(29-36-24)30-13-6-3-7-14-30/h2,4-5,8-12,15-17H,3,6-7,13-14,18H2,1H3/b22-16+. The van der Waals surface area contributed by atoms with Crippen LogP contribution in [0.1, 0.15) is 24.8 Å². The number of methoxy groups -OCH3 is 1. The van der Waals surface area contributed by atoms with Crippen molar-refractivity contribution in [1.29, 1.82) is 0 Å². The number of rotatable bonds is 7. The van der Waals surface area contributed by atoms with Gasteiger partial charge in [-0.15, -0.1) is 0 Å². The zero-order valence-corrected chi connectivity index (χ0v) is 21.1. The normalized spacial score (nSPS) is 17.4. The summed E-state index contributed by atoms with van der Waals surface area (Å²) in [5.41, 5.74) is 1.71. The number of hydrogen-bond acceptors (Lipinski definition) is 9. The number of carbonyl (C=O) groups is 1. The zero-order chi connectivity index (χ0) is 25.6. The first-order valence-electron chi connectivity index (χ1n) is 12.0. The van der Waals surface area contributed by atoms with E-state index in [4.69, 9.17) is 9.26 Å². The third kappa shape index (κ3) is 5.83. The second kappa shape index (κ2) is 11.3. The lowest BCUT2D eigenvalue weighted by molar-refractivity contribution is -0.759. The molecule has 1 saturated heterocycles. The van der Waals surface area contributed by atoms with E-state index in [9.17, 15) is 9.90 Å². The molecule has 2 aliphatic rings. The highest BCUT2D eigenvalue weighted by Gasteiger charge is 2.32. The molecule has 0 saturated carbocycles. The summed E-state index contributed by atoms with van der Waals surface area (Å²) in [5, 5.41) is 19.1. The van der Waals surface area contributed by atoms with Gasteiger partial charge in [0.1, 0.15) is 11.4 Å². The molecule has 1 aromatic heterocycles. The van der Waals surface area contributed by atoms with Crippen molar-refractivity contribution in [2.24, 2.45) is 9.98 Å². The number of aromatic nitrogens is 2. The van der Waals surface area contributed by atoms with E-state index in [2.05, 4.69) is 20.3 Å². The van der Waals surface area contributed by atoms with Gasteiger partial charge in [0.15, 0.2) is 5.17 Å². The Morgan fingerprint density at radius 2 is 2.00 bits per heavy atom. The molecule has 1 fully saturated rings. The van der Waals surface area contributed by atoms with E-state index in [1.807, 2.05) is 54.6 Å². The number of piperidine rings is 1. The summed E-state index contributed by atoms with van der Waals surface area (Å²) in [4.78, 5) is 25.0. The number of nitrogens with zero attached hydrogens (tertiary/aromatic N) is 6. The van der Waals surface area contributed by atoms with Crippen molar-refractivity contribution in [3.63, 3.8) is 0 Å². The molecular weight excluding hydrogens is 492 g/mol. The molecule has 0 unspecified atom stereocenters. The number of amidine groups is 1. The Labute approximate surface area is 218 Å². The van der Waals surface area contributed by atoms with Crippen molar-refractivity contribution in [3.8, 4) is 5.75 Å². The molecule has 37 heavy (non-hydrogen) atoms. The Kier molecular flexibility index (Phi) is 7.50. The molecule has 2 aromatic carbocycles. The average Bonchev–Trinajstić information content (AvgIpc) is 3.52. The van der Waals surface area contributed by atoms with E-state index in [1.54, 1.807) is 24.2 Å². The maximum absolute atomic E-state index is 13.3. The van der Waals surface area contributed by atoms with Crippen LogP contribution in [0.25, 0.3) is 6.08 Å². The second-order valence-corrected chi connectivity index (χ2v) is 9.39. The highest BCUT2D eigenvalue weighted by atomic mass is 32.2. The fraction of sp³-hybridized carbons (Fsp3) is 0.269. The minimum absolute atomic E-state index is 0.0215. The van der Waals surface area contributed by atoms with Crippen molar-refractivity contribution < 1.29 is 24.0 Å². The minimum Gasteiger partial charge on any atom is -0.861 e. The van der Waals surface area contributed by atoms with Crippen LogP contribution in [0.2, 0.25) is 0 Å². The molecular formula is C26H26N6O4S. The number of thioether (sulfide) groups is 1. The first kappa shape index (κ1) is 24.6. The number of amides is 1. The fourth-order valence-corrected chi connectivity index (χ4v) is 4.86. The summed E-state index contributed by atoms with van der Waals surface area (Å²) < 4.78 is 10.5. The third-order valence-corrected chi connectivity index (χ3v) is 6.79. The van der Waals surface area contributed by atoms with E-state index >= 15 is 0 Å². The van der Waals surface area contributed by atoms with Crippen LogP contribution in [0.15, 0.2) is 81.0 Å². The SMILES string of the molecule is COc1cccc(/C=C2/N=C(SC/C([O-])=N\c3c[n+](N4CCCCC4)no3)N(c3ccccc3)C2=O)c1. The van der Waals surface area contributed by atoms with Gasteiger partial charge < -0.3 is 9.84 Å². The Balaban J connectivity index is 1.34. The van der Waals surface area contributed by atoms with Crippen LogP contribution >= 0.6 is 11.8 Å². The van der Waals surface area contributed by atoms with Crippen molar-refractivity contribution in [3.05, 3.63) is 72.1 Å². The second-order valence-electron chi connectivity index (χ2n) is 8.45. The molecule has 190 valence electrons. The van der Waals surface area contributed by atoms with E-state index in [0.717, 1.165) is 43.3 Å².